The molecule has 0 amide bonds. The molecule has 0 spiro atoms. The van der Waals surface area contributed by atoms with E-state index in [1.807, 2.05) is 0 Å². The summed E-state index contributed by atoms with van der Waals surface area (Å²) in [5.74, 6) is -0.915. The van der Waals surface area contributed by atoms with Gasteiger partial charge in [0.15, 0.2) is 5.75 Å². The first kappa shape index (κ1) is 13.0. The van der Waals surface area contributed by atoms with Crippen LogP contribution >= 0.6 is 0 Å². The lowest BCUT2D eigenvalue weighted by Gasteiger charge is -2.12. The number of nitrogens with zero attached hydrogens (tertiary/aromatic N) is 1. The van der Waals surface area contributed by atoms with Crippen molar-refractivity contribution >= 4 is 11.7 Å². The summed E-state index contributed by atoms with van der Waals surface area (Å²) in [6.07, 6.45) is -0.820. The molecule has 6 heteroatoms. The molecule has 92 valence electrons. The normalized spacial score (nSPS) is 11.9. The molecule has 0 radical (unpaired) electrons. The van der Waals surface area contributed by atoms with Crippen molar-refractivity contribution in [1.82, 2.24) is 0 Å². The summed E-state index contributed by atoms with van der Waals surface area (Å²) in [6, 6.07) is 4.55. The van der Waals surface area contributed by atoms with Crippen LogP contribution in [0.2, 0.25) is 0 Å². The van der Waals surface area contributed by atoms with Crippen LogP contribution in [0.5, 0.6) is 5.75 Å². The lowest BCUT2D eigenvalue weighted by Crippen LogP contribution is -2.17. The summed E-state index contributed by atoms with van der Waals surface area (Å²) in [5.41, 5.74) is 0.595. The maximum atomic E-state index is 10.8. The number of aliphatic carboxylic acids is 1. The summed E-state index contributed by atoms with van der Waals surface area (Å²) in [4.78, 5) is 20.7. The van der Waals surface area contributed by atoms with E-state index >= 15 is 0 Å². The number of carbonyl (C=O) groups is 1. The second-order valence-electron chi connectivity index (χ2n) is 3.75. The Kier molecular flexibility index (Phi) is 4.03. The molecule has 0 unspecified atom stereocenters. The molecule has 0 saturated heterocycles. The zero-order chi connectivity index (χ0) is 13.0. The predicted octanol–water partition coefficient (Wildman–Crippen LogP) is 2.15. The first-order valence-corrected chi connectivity index (χ1v) is 5.03. The van der Waals surface area contributed by atoms with Gasteiger partial charge in [-0.25, -0.2) is 0 Å². The third kappa shape index (κ3) is 3.75. The van der Waals surface area contributed by atoms with Gasteiger partial charge in [-0.3, -0.25) is 14.9 Å². The fourth-order valence-electron chi connectivity index (χ4n) is 1.37. The fourth-order valence-corrected chi connectivity index (χ4v) is 1.37. The van der Waals surface area contributed by atoms with Crippen molar-refractivity contribution in [2.24, 2.45) is 0 Å². The van der Waals surface area contributed by atoms with Gasteiger partial charge in [-0.2, -0.15) is 0 Å². The van der Waals surface area contributed by atoms with E-state index in [4.69, 9.17) is 9.84 Å². The Hall–Kier alpha value is -2.11. The van der Waals surface area contributed by atoms with Crippen LogP contribution in [0.3, 0.4) is 0 Å². The van der Waals surface area contributed by atoms with Crippen molar-refractivity contribution in [3.63, 3.8) is 0 Å². The molecule has 0 aliphatic carbocycles. The molecule has 0 fully saturated rings. The molecule has 1 aromatic rings. The second kappa shape index (κ2) is 5.29. The molecule has 0 saturated carbocycles. The standard InChI is InChI=1S/C11H13NO5/c1-7-3-4-10(9(5-7)12(15)16)17-8(2)6-11(13)14/h3-5,8H,6H2,1-2H3,(H,13,14)/t8-/m1/s1. The molecule has 17 heavy (non-hydrogen) atoms. The fraction of sp³-hybridized carbons (Fsp3) is 0.364. The summed E-state index contributed by atoms with van der Waals surface area (Å²) >= 11 is 0. The maximum absolute atomic E-state index is 10.8. The minimum atomic E-state index is -1.01. The topological polar surface area (TPSA) is 89.7 Å². The van der Waals surface area contributed by atoms with Crippen LogP contribution in [0.15, 0.2) is 18.2 Å². The first-order valence-electron chi connectivity index (χ1n) is 5.03. The number of hydrogen-bond acceptors (Lipinski definition) is 4. The Labute approximate surface area is 98.0 Å². The quantitative estimate of drug-likeness (QED) is 0.628. The maximum Gasteiger partial charge on any atom is 0.311 e. The minimum Gasteiger partial charge on any atom is -0.483 e. The highest BCUT2D eigenvalue weighted by atomic mass is 16.6. The number of benzene rings is 1. The van der Waals surface area contributed by atoms with Gasteiger partial charge >= 0.3 is 11.7 Å². The molecule has 1 atom stereocenters. The summed E-state index contributed by atoms with van der Waals surface area (Å²) in [7, 11) is 0. The molecular formula is C11H13NO5. The van der Waals surface area contributed by atoms with Gasteiger partial charge in [-0.15, -0.1) is 0 Å². The zero-order valence-electron chi connectivity index (χ0n) is 9.54. The monoisotopic (exact) mass is 239 g/mol. The number of rotatable bonds is 5. The van der Waals surface area contributed by atoms with Crippen LogP contribution in [-0.4, -0.2) is 22.1 Å². The second-order valence-corrected chi connectivity index (χ2v) is 3.75. The number of carboxylic acids is 1. The van der Waals surface area contributed by atoms with Gasteiger partial charge in [0.05, 0.1) is 11.3 Å². The zero-order valence-corrected chi connectivity index (χ0v) is 9.54. The van der Waals surface area contributed by atoms with Gasteiger partial charge in [0.1, 0.15) is 6.10 Å². The summed E-state index contributed by atoms with van der Waals surface area (Å²) in [6.45, 7) is 3.29. The van der Waals surface area contributed by atoms with Gasteiger partial charge in [0.2, 0.25) is 0 Å². The number of nitro benzene ring substituents is 1. The molecule has 1 N–H and O–H groups in total. The highest BCUT2D eigenvalue weighted by Crippen LogP contribution is 2.28. The molecule has 0 bridgehead atoms. The lowest BCUT2D eigenvalue weighted by atomic mass is 10.2. The van der Waals surface area contributed by atoms with Gasteiger partial charge in [0.25, 0.3) is 0 Å². The number of aryl methyl sites for hydroxylation is 1. The number of carboxylic acid groups (broad SMARTS) is 1. The Balaban J connectivity index is 2.90. The van der Waals surface area contributed by atoms with Crippen molar-refractivity contribution in [1.29, 1.82) is 0 Å². The molecule has 0 aliphatic rings. The van der Waals surface area contributed by atoms with Crippen molar-refractivity contribution in [2.45, 2.75) is 26.4 Å². The Morgan fingerprint density at radius 3 is 2.76 bits per heavy atom. The van der Waals surface area contributed by atoms with E-state index in [9.17, 15) is 14.9 Å². The number of nitro groups is 1. The Morgan fingerprint density at radius 2 is 2.24 bits per heavy atom. The van der Waals surface area contributed by atoms with E-state index < -0.39 is 17.0 Å². The Bertz CT molecular complexity index is 443. The van der Waals surface area contributed by atoms with Crippen LogP contribution < -0.4 is 4.74 Å². The average molecular weight is 239 g/mol. The molecule has 0 aromatic heterocycles. The van der Waals surface area contributed by atoms with Crippen LogP contribution in [0, 0.1) is 17.0 Å². The smallest absolute Gasteiger partial charge is 0.311 e. The largest absolute Gasteiger partial charge is 0.483 e. The molecule has 0 aliphatic heterocycles. The molecule has 1 rings (SSSR count). The third-order valence-electron chi connectivity index (χ3n) is 2.10. The van der Waals surface area contributed by atoms with E-state index in [-0.39, 0.29) is 17.9 Å². The summed E-state index contributed by atoms with van der Waals surface area (Å²) in [5, 5.41) is 19.4. The van der Waals surface area contributed by atoms with Gasteiger partial charge in [-0.1, -0.05) is 6.07 Å². The minimum absolute atomic E-state index is 0.0920. The van der Waals surface area contributed by atoms with Gasteiger partial charge in [0, 0.05) is 6.07 Å². The van der Waals surface area contributed by atoms with Crippen LogP contribution in [0.25, 0.3) is 0 Å². The van der Waals surface area contributed by atoms with Crippen LogP contribution in [0.1, 0.15) is 18.9 Å². The van der Waals surface area contributed by atoms with Crippen molar-refractivity contribution in [2.75, 3.05) is 0 Å². The van der Waals surface area contributed by atoms with Gasteiger partial charge in [-0.05, 0) is 25.5 Å². The predicted molar refractivity (Wildman–Crippen MR) is 60.2 cm³/mol. The molecule has 0 heterocycles. The molecule has 6 nitrogen and oxygen atoms in total. The SMILES string of the molecule is Cc1ccc(O[C@H](C)CC(=O)O)c([N+](=O)[O-])c1. The number of ether oxygens (including phenoxy) is 1. The van der Waals surface area contributed by atoms with Crippen LogP contribution in [-0.2, 0) is 4.79 Å². The van der Waals surface area contributed by atoms with Crippen molar-refractivity contribution in [3.8, 4) is 5.75 Å². The molecule has 1 aromatic carbocycles. The van der Waals surface area contributed by atoms with Crippen molar-refractivity contribution in [3.05, 3.63) is 33.9 Å². The van der Waals surface area contributed by atoms with E-state index in [2.05, 4.69) is 0 Å². The number of hydrogen-bond donors (Lipinski definition) is 1. The highest BCUT2D eigenvalue weighted by molar-refractivity contribution is 5.67. The Morgan fingerprint density at radius 1 is 1.59 bits per heavy atom. The summed E-state index contributed by atoms with van der Waals surface area (Å²) < 4.78 is 5.25. The van der Waals surface area contributed by atoms with E-state index in [1.54, 1.807) is 19.9 Å². The van der Waals surface area contributed by atoms with Crippen molar-refractivity contribution < 1.29 is 19.6 Å². The average Bonchev–Trinajstić information content (AvgIpc) is 2.19. The van der Waals surface area contributed by atoms with Crippen LogP contribution in [0.4, 0.5) is 5.69 Å². The van der Waals surface area contributed by atoms with E-state index in [1.165, 1.54) is 12.1 Å². The van der Waals surface area contributed by atoms with E-state index in [0.29, 0.717) is 0 Å². The highest BCUT2D eigenvalue weighted by Gasteiger charge is 2.18. The third-order valence-corrected chi connectivity index (χ3v) is 2.10. The van der Waals surface area contributed by atoms with Gasteiger partial charge < -0.3 is 9.84 Å². The molecular weight excluding hydrogens is 226 g/mol. The lowest BCUT2D eigenvalue weighted by molar-refractivity contribution is -0.386. The van der Waals surface area contributed by atoms with E-state index in [0.717, 1.165) is 5.56 Å². The first-order chi connectivity index (χ1) is 7.90.